The van der Waals surface area contributed by atoms with Gasteiger partial charge in [0.05, 0.1) is 11.9 Å². The summed E-state index contributed by atoms with van der Waals surface area (Å²) in [5.41, 5.74) is 5.88. The van der Waals surface area contributed by atoms with Crippen molar-refractivity contribution in [2.75, 3.05) is 31.8 Å². The second kappa shape index (κ2) is 8.61. The first-order valence-corrected chi connectivity index (χ1v) is 7.35. The van der Waals surface area contributed by atoms with E-state index in [0.29, 0.717) is 18.9 Å². The van der Waals surface area contributed by atoms with E-state index in [1.807, 2.05) is 0 Å². The van der Waals surface area contributed by atoms with Gasteiger partial charge in [0, 0.05) is 25.9 Å². The van der Waals surface area contributed by atoms with Gasteiger partial charge in [0.1, 0.15) is 0 Å². The van der Waals surface area contributed by atoms with Crippen LogP contribution in [0.1, 0.15) is 12.8 Å². The molecule has 0 saturated carbocycles. The summed E-state index contributed by atoms with van der Waals surface area (Å²) < 4.78 is 0. The summed E-state index contributed by atoms with van der Waals surface area (Å²) in [7, 11) is 1.68. The van der Waals surface area contributed by atoms with Crippen molar-refractivity contribution in [3.63, 3.8) is 0 Å². The zero-order valence-corrected chi connectivity index (χ0v) is 11.9. The van der Waals surface area contributed by atoms with E-state index in [9.17, 15) is 4.79 Å². The van der Waals surface area contributed by atoms with E-state index in [2.05, 4.69) is 15.6 Å². The van der Waals surface area contributed by atoms with Gasteiger partial charge in [0.15, 0.2) is 0 Å². The number of hydrogen-bond donors (Lipinski definition) is 3. The highest BCUT2D eigenvalue weighted by molar-refractivity contribution is 7.99. The molecular weight excluding hydrogens is 264 g/mol. The molecule has 106 valence electrons. The minimum atomic E-state index is -0.438. The Hall–Kier alpha value is -1.46. The first kappa shape index (κ1) is 15.6. The van der Waals surface area contributed by atoms with Crippen molar-refractivity contribution in [2.45, 2.75) is 18.9 Å². The predicted octanol–water partition coefficient (Wildman–Crippen LogP) is -0.727. The predicted molar refractivity (Wildman–Crippen MR) is 76.4 cm³/mol. The number of rotatable bonds is 5. The molecule has 0 radical (unpaired) electrons. The van der Waals surface area contributed by atoms with Crippen LogP contribution in [0, 0.1) is 11.5 Å². The molecule has 0 aromatic carbocycles. The number of guanidine groups is 1. The molecule has 0 aliphatic carbocycles. The molecule has 0 aromatic rings. The molecule has 1 amide bonds. The molecule has 1 rings (SSSR count). The van der Waals surface area contributed by atoms with Crippen LogP contribution in [0.5, 0.6) is 0 Å². The van der Waals surface area contributed by atoms with Crippen LogP contribution in [-0.2, 0) is 4.79 Å². The summed E-state index contributed by atoms with van der Waals surface area (Å²) in [6, 6.07) is -0.438. The molecule has 0 spiro atoms. The summed E-state index contributed by atoms with van der Waals surface area (Å²) in [5, 5.41) is 14.1. The van der Waals surface area contributed by atoms with Crippen molar-refractivity contribution in [2.24, 2.45) is 10.7 Å². The molecule has 1 fully saturated rings. The third-order valence-corrected chi connectivity index (χ3v) is 3.73. The number of aliphatic imine (C=N–C) groups is 1. The minimum absolute atomic E-state index is 0.0320. The highest BCUT2D eigenvalue weighted by Gasteiger charge is 2.23. The Bertz CT molecular complexity index is 361. The third kappa shape index (κ3) is 5.36. The first-order valence-electron chi connectivity index (χ1n) is 6.19. The van der Waals surface area contributed by atoms with Gasteiger partial charge in [-0.3, -0.25) is 4.79 Å². The summed E-state index contributed by atoms with van der Waals surface area (Å²) in [4.78, 5) is 17.3. The Labute approximate surface area is 117 Å². The Kier molecular flexibility index (Phi) is 7.07. The topological polar surface area (TPSA) is 107 Å². The standard InChI is InChI=1S/C11H20N6OS/c1-14-11(16-7-12)15-4-2-3-9(13)10(18)17-5-6-19-8-17/h9H,2-6,8,13H2,1H3,(H2,14,15,16)/t9-/m0/s1. The normalized spacial score (nSPS) is 16.9. The van der Waals surface area contributed by atoms with Gasteiger partial charge in [-0.25, -0.2) is 0 Å². The van der Waals surface area contributed by atoms with Crippen molar-refractivity contribution < 1.29 is 4.79 Å². The molecule has 0 unspecified atom stereocenters. The number of nitriles is 1. The molecule has 0 bridgehead atoms. The summed E-state index contributed by atoms with van der Waals surface area (Å²) in [6.07, 6.45) is 3.07. The van der Waals surface area contributed by atoms with Crippen molar-refractivity contribution in [3.8, 4) is 6.19 Å². The van der Waals surface area contributed by atoms with E-state index in [4.69, 9.17) is 11.0 Å². The molecule has 8 heteroatoms. The van der Waals surface area contributed by atoms with Gasteiger partial charge in [0.2, 0.25) is 18.1 Å². The smallest absolute Gasteiger partial charge is 0.240 e. The van der Waals surface area contributed by atoms with Crippen molar-refractivity contribution in [1.82, 2.24) is 15.5 Å². The van der Waals surface area contributed by atoms with Gasteiger partial charge in [0.25, 0.3) is 0 Å². The Morgan fingerprint density at radius 3 is 3.05 bits per heavy atom. The van der Waals surface area contributed by atoms with E-state index in [1.165, 1.54) is 0 Å². The number of amides is 1. The van der Waals surface area contributed by atoms with Gasteiger partial charge in [-0.15, -0.1) is 16.8 Å². The fourth-order valence-electron chi connectivity index (χ4n) is 1.71. The number of carbonyl (C=O) groups excluding carboxylic acids is 1. The number of nitrogens with one attached hydrogen (secondary N) is 2. The Balaban J connectivity index is 2.19. The number of nitrogens with zero attached hydrogens (tertiary/aromatic N) is 3. The number of carbonyl (C=O) groups is 1. The maximum absolute atomic E-state index is 11.9. The van der Waals surface area contributed by atoms with Crippen LogP contribution in [0.25, 0.3) is 0 Å². The summed E-state index contributed by atoms with van der Waals surface area (Å²) in [5.74, 6) is 2.21. The average molecular weight is 284 g/mol. The molecule has 1 atom stereocenters. The van der Waals surface area contributed by atoms with Gasteiger partial charge >= 0.3 is 0 Å². The number of thioether (sulfide) groups is 1. The summed E-state index contributed by atoms with van der Waals surface area (Å²) in [6.45, 7) is 1.42. The van der Waals surface area contributed by atoms with E-state index < -0.39 is 6.04 Å². The maximum atomic E-state index is 11.9. The monoisotopic (exact) mass is 284 g/mol. The minimum Gasteiger partial charge on any atom is -0.359 e. The van der Waals surface area contributed by atoms with Crippen molar-refractivity contribution in [1.29, 1.82) is 5.26 Å². The molecule has 4 N–H and O–H groups in total. The zero-order chi connectivity index (χ0) is 14.1. The second-order valence-corrected chi connectivity index (χ2v) is 5.20. The Morgan fingerprint density at radius 2 is 2.47 bits per heavy atom. The molecule has 7 nitrogen and oxygen atoms in total. The number of nitrogens with two attached hydrogens (primary N) is 1. The lowest BCUT2D eigenvalue weighted by molar-refractivity contribution is -0.131. The van der Waals surface area contributed by atoms with Gasteiger partial charge in [-0.1, -0.05) is 0 Å². The van der Waals surface area contributed by atoms with E-state index in [1.54, 1.807) is 29.9 Å². The first-order chi connectivity index (χ1) is 9.19. The van der Waals surface area contributed by atoms with Crippen LogP contribution in [0.3, 0.4) is 0 Å². The van der Waals surface area contributed by atoms with Gasteiger partial charge < -0.3 is 21.3 Å². The molecule has 19 heavy (non-hydrogen) atoms. The van der Waals surface area contributed by atoms with Crippen molar-refractivity contribution in [3.05, 3.63) is 0 Å². The number of hydrogen-bond acceptors (Lipinski definition) is 5. The van der Waals surface area contributed by atoms with Gasteiger partial charge in [-0.2, -0.15) is 5.26 Å². The molecule has 1 aliphatic rings. The maximum Gasteiger partial charge on any atom is 0.240 e. The van der Waals surface area contributed by atoms with E-state index in [0.717, 1.165) is 24.6 Å². The Morgan fingerprint density at radius 1 is 1.68 bits per heavy atom. The fraction of sp³-hybridized carbons (Fsp3) is 0.727. The SMILES string of the molecule is CN/C(=N/C#N)NCCC[C@H](N)C(=O)N1CCSC1. The molecule has 1 aliphatic heterocycles. The van der Waals surface area contributed by atoms with E-state index >= 15 is 0 Å². The van der Waals surface area contributed by atoms with Gasteiger partial charge in [-0.05, 0) is 12.8 Å². The quantitative estimate of drug-likeness (QED) is 0.266. The third-order valence-electron chi connectivity index (χ3n) is 2.76. The fourth-order valence-corrected chi connectivity index (χ4v) is 2.66. The lowest BCUT2D eigenvalue weighted by Crippen LogP contribution is -2.43. The highest BCUT2D eigenvalue weighted by atomic mass is 32.2. The summed E-state index contributed by atoms with van der Waals surface area (Å²) >= 11 is 1.75. The largest absolute Gasteiger partial charge is 0.359 e. The van der Waals surface area contributed by atoms with Crippen LogP contribution < -0.4 is 16.4 Å². The van der Waals surface area contributed by atoms with Crippen LogP contribution in [0.15, 0.2) is 4.99 Å². The highest BCUT2D eigenvalue weighted by Crippen LogP contribution is 2.14. The van der Waals surface area contributed by atoms with Crippen LogP contribution in [-0.4, -0.2) is 54.6 Å². The average Bonchev–Trinajstić information content (AvgIpc) is 2.95. The van der Waals surface area contributed by atoms with Crippen LogP contribution in [0.4, 0.5) is 0 Å². The lowest BCUT2D eigenvalue weighted by Gasteiger charge is -2.19. The second-order valence-electron chi connectivity index (χ2n) is 4.12. The molecule has 0 aromatic heterocycles. The van der Waals surface area contributed by atoms with Crippen LogP contribution in [0.2, 0.25) is 0 Å². The van der Waals surface area contributed by atoms with Crippen molar-refractivity contribution >= 4 is 23.6 Å². The molecule has 1 heterocycles. The molecular formula is C11H20N6OS. The van der Waals surface area contributed by atoms with E-state index in [-0.39, 0.29) is 5.91 Å². The molecule has 1 saturated heterocycles. The lowest BCUT2D eigenvalue weighted by atomic mass is 10.1. The van der Waals surface area contributed by atoms with Crippen LogP contribution >= 0.6 is 11.8 Å². The zero-order valence-electron chi connectivity index (χ0n) is 11.1.